The summed E-state index contributed by atoms with van der Waals surface area (Å²) in [5.74, 6) is -0.175. The first kappa shape index (κ1) is 17.1. The number of nitrogens with one attached hydrogen (secondary N) is 1. The first-order valence-electron chi connectivity index (χ1n) is 7.64. The lowest BCUT2D eigenvalue weighted by molar-refractivity contribution is -0.143. The summed E-state index contributed by atoms with van der Waals surface area (Å²) in [7, 11) is 3.17. The highest BCUT2D eigenvalue weighted by Crippen LogP contribution is 2.51. The average molecular weight is 321 g/mol. The van der Waals surface area contributed by atoms with Crippen molar-refractivity contribution < 1.29 is 24.2 Å². The Balaban J connectivity index is 2.10. The predicted octanol–water partition coefficient (Wildman–Crippen LogP) is 2.03. The number of methoxy groups -OCH3 is 2. The van der Waals surface area contributed by atoms with Gasteiger partial charge in [0.05, 0.1) is 14.2 Å². The highest BCUT2D eigenvalue weighted by Gasteiger charge is 2.46. The third-order valence-electron chi connectivity index (χ3n) is 4.19. The van der Waals surface area contributed by atoms with E-state index in [0.29, 0.717) is 17.9 Å². The molecule has 2 unspecified atom stereocenters. The fourth-order valence-electron chi connectivity index (χ4n) is 2.73. The lowest BCUT2D eigenvalue weighted by Crippen LogP contribution is -2.45. The second kappa shape index (κ2) is 6.89. The Bertz CT molecular complexity index is 599. The van der Waals surface area contributed by atoms with E-state index < -0.39 is 12.0 Å². The van der Waals surface area contributed by atoms with Gasteiger partial charge in [-0.3, -0.25) is 4.79 Å². The van der Waals surface area contributed by atoms with Crippen molar-refractivity contribution in [2.24, 2.45) is 11.8 Å². The molecule has 1 aliphatic carbocycles. The van der Waals surface area contributed by atoms with E-state index in [1.54, 1.807) is 34.1 Å². The molecule has 0 bridgehead atoms. The molecule has 1 amide bonds. The van der Waals surface area contributed by atoms with Crippen molar-refractivity contribution in [1.29, 1.82) is 0 Å². The van der Waals surface area contributed by atoms with Gasteiger partial charge in [-0.25, -0.2) is 4.79 Å². The summed E-state index contributed by atoms with van der Waals surface area (Å²) >= 11 is 0. The number of carbonyl (C=O) groups excluding carboxylic acids is 1. The van der Waals surface area contributed by atoms with Crippen molar-refractivity contribution >= 4 is 11.9 Å². The van der Waals surface area contributed by atoms with Crippen LogP contribution in [0.4, 0.5) is 0 Å². The van der Waals surface area contributed by atoms with Crippen LogP contribution in [0.15, 0.2) is 18.2 Å². The molecule has 1 aromatic rings. The highest BCUT2D eigenvalue weighted by atomic mass is 16.5. The molecule has 23 heavy (non-hydrogen) atoms. The molecule has 0 saturated heterocycles. The molecule has 1 fully saturated rings. The Morgan fingerprint density at radius 2 is 1.96 bits per heavy atom. The predicted molar refractivity (Wildman–Crippen MR) is 84.8 cm³/mol. The number of carboxylic acid groups (broad SMARTS) is 1. The topological polar surface area (TPSA) is 84.9 Å². The number of carboxylic acids is 1. The Kier molecular flexibility index (Phi) is 5.13. The number of amides is 1. The zero-order valence-corrected chi connectivity index (χ0v) is 13.8. The standard InChI is InChI=1S/C17H23NO5/c1-9(2)15(17(20)21)18-16(19)13-8-11(13)12-7-10(22-3)5-6-14(12)23-4/h5-7,9,11,13,15H,8H2,1-4H3,(H,18,19)(H,20,21)/t11?,13?,15-/m0/s1. The Labute approximate surface area is 135 Å². The van der Waals surface area contributed by atoms with Crippen molar-refractivity contribution in [3.63, 3.8) is 0 Å². The molecule has 0 heterocycles. The van der Waals surface area contributed by atoms with Gasteiger partial charge < -0.3 is 19.9 Å². The molecule has 1 saturated carbocycles. The average Bonchev–Trinajstić information content (AvgIpc) is 3.31. The fourth-order valence-corrected chi connectivity index (χ4v) is 2.73. The fraction of sp³-hybridized carbons (Fsp3) is 0.529. The van der Waals surface area contributed by atoms with Gasteiger partial charge in [0.15, 0.2) is 0 Å². The molecule has 1 aromatic carbocycles. The van der Waals surface area contributed by atoms with Gasteiger partial charge in [0.25, 0.3) is 0 Å². The van der Waals surface area contributed by atoms with Crippen LogP contribution in [0.1, 0.15) is 31.7 Å². The maximum absolute atomic E-state index is 12.3. The monoisotopic (exact) mass is 321 g/mol. The quantitative estimate of drug-likeness (QED) is 0.803. The zero-order chi connectivity index (χ0) is 17.1. The smallest absolute Gasteiger partial charge is 0.326 e. The molecule has 0 radical (unpaired) electrons. The van der Waals surface area contributed by atoms with Crippen LogP contribution in [0.3, 0.4) is 0 Å². The van der Waals surface area contributed by atoms with E-state index in [9.17, 15) is 14.7 Å². The Morgan fingerprint density at radius 3 is 2.48 bits per heavy atom. The number of rotatable bonds is 7. The van der Waals surface area contributed by atoms with Crippen LogP contribution in [-0.4, -0.2) is 37.2 Å². The molecule has 126 valence electrons. The zero-order valence-electron chi connectivity index (χ0n) is 13.8. The van der Waals surface area contributed by atoms with Gasteiger partial charge >= 0.3 is 5.97 Å². The van der Waals surface area contributed by atoms with E-state index in [2.05, 4.69) is 5.32 Å². The van der Waals surface area contributed by atoms with Gasteiger partial charge in [-0.15, -0.1) is 0 Å². The summed E-state index contributed by atoms with van der Waals surface area (Å²) in [6.45, 7) is 3.54. The first-order valence-corrected chi connectivity index (χ1v) is 7.64. The summed E-state index contributed by atoms with van der Waals surface area (Å²) in [6.07, 6.45) is 0.680. The van der Waals surface area contributed by atoms with Gasteiger partial charge in [0.2, 0.25) is 5.91 Å². The molecule has 0 aliphatic heterocycles. The van der Waals surface area contributed by atoms with E-state index >= 15 is 0 Å². The van der Waals surface area contributed by atoms with Crippen LogP contribution in [-0.2, 0) is 9.59 Å². The minimum absolute atomic E-state index is 0.0293. The molecular weight excluding hydrogens is 298 g/mol. The summed E-state index contributed by atoms with van der Waals surface area (Å²) in [5.41, 5.74) is 0.920. The summed E-state index contributed by atoms with van der Waals surface area (Å²) in [4.78, 5) is 23.5. The van der Waals surface area contributed by atoms with Gasteiger partial charge in [0.1, 0.15) is 17.5 Å². The minimum atomic E-state index is -1.01. The van der Waals surface area contributed by atoms with E-state index in [0.717, 1.165) is 5.56 Å². The second-order valence-electron chi connectivity index (χ2n) is 6.13. The Hall–Kier alpha value is -2.24. The molecule has 2 N–H and O–H groups in total. The van der Waals surface area contributed by atoms with Crippen LogP contribution in [0, 0.1) is 11.8 Å². The normalized spacial score (nSPS) is 20.7. The van der Waals surface area contributed by atoms with Crippen LogP contribution in [0.2, 0.25) is 0 Å². The van der Waals surface area contributed by atoms with Crippen molar-refractivity contribution in [1.82, 2.24) is 5.32 Å². The van der Waals surface area contributed by atoms with E-state index in [-0.39, 0.29) is 23.7 Å². The molecule has 0 aromatic heterocycles. The molecule has 1 aliphatic rings. The third-order valence-corrected chi connectivity index (χ3v) is 4.19. The first-order chi connectivity index (χ1) is 10.9. The lowest BCUT2D eigenvalue weighted by atomic mass is 10.0. The van der Waals surface area contributed by atoms with Crippen molar-refractivity contribution in [2.75, 3.05) is 14.2 Å². The van der Waals surface area contributed by atoms with E-state index in [4.69, 9.17) is 9.47 Å². The maximum Gasteiger partial charge on any atom is 0.326 e. The van der Waals surface area contributed by atoms with Crippen LogP contribution >= 0.6 is 0 Å². The number of hydrogen-bond acceptors (Lipinski definition) is 4. The number of aliphatic carboxylic acids is 1. The SMILES string of the molecule is COc1ccc(OC)c(C2CC2C(=O)N[C@H](C(=O)O)C(C)C)c1. The van der Waals surface area contributed by atoms with E-state index in [1.165, 1.54) is 0 Å². The van der Waals surface area contributed by atoms with Crippen LogP contribution in [0.25, 0.3) is 0 Å². The van der Waals surface area contributed by atoms with Crippen LogP contribution < -0.4 is 14.8 Å². The van der Waals surface area contributed by atoms with E-state index in [1.807, 2.05) is 12.1 Å². The number of hydrogen-bond donors (Lipinski definition) is 2. The lowest BCUT2D eigenvalue weighted by Gasteiger charge is -2.18. The van der Waals surface area contributed by atoms with Gasteiger partial charge in [-0.1, -0.05) is 13.8 Å². The summed E-state index contributed by atoms with van der Waals surface area (Å²) in [5, 5.41) is 11.8. The second-order valence-corrected chi connectivity index (χ2v) is 6.13. The minimum Gasteiger partial charge on any atom is -0.497 e. The number of ether oxygens (including phenoxy) is 2. The largest absolute Gasteiger partial charge is 0.497 e. The van der Waals surface area contributed by atoms with Crippen LogP contribution in [0.5, 0.6) is 11.5 Å². The number of benzene rings is 1. The third kappa shape index (κ3) is 3.75. The summed E-state index contributed by atoms with van der Waals surface area (Å²) in [6, 6.07) is 4.62. The molecule has 3 atom stereocenters. The summed E-state index contributed by atoms with van der Waals surface area (Å²) < 4.78 is 10.6. The molecule has 2 rings (SSSR count). The molecule has 6 nitrogen and oxygen atoms in total. The molecular formula is C17H23NO5. The molecule has 6 heteroatoms. The Morgan fingerprint density at radius 1 is 1.26 bits per heavy atom. The molecule has 0 spiro atoms. The van der Waals surface area contributed by atoms with Gasteiger partial charge in [0, 0.05) is 17.4 Å². The maximum atomic E-state index is 12.3. The van der Waals surface area contributed by atoms with Gasteiger partial charge in [-0.05, 0) is 30.5 Å². The number of carbonyl (C=O) groups is 2. The van der Waals surface area contributed by atoms with Gasteiger partial charge in [-0.2, -0.15) is 0 Å². The highest BCUT2D eigenvalue weighted by molar-refractivity contribution is 5.87. The van der Waals surface area contributed by atoms with Crippen molar-refractivity contribution in [2.45, 2.75) is 32.2 Å². The van der Waals surface area contributed by atoms with Crippen molar-refractivity contribution in [3.05, 3.63) is 23.8 Å². The van der Waals surface area contributed by atoms with Crippen molar-refractivity contribution in [3.8, 4) is 11.5 Å².